The van der Waals surface area contributed by atoms with Crippen LogP contribution >= 0.6 is 11.6 Å². The number of ether oxygens (including phenoxy) is 1. The molecule has 0 atom stereocenters. The predicted octanol–water partition coefficient (Wildman–Crippen LogP) is 4.95. The molecular formula is C19H22ClNO. The van der Waals surface area contributed by atoms with Gasteiger partial charge in [0.15, 0.2) is 0 Å². The zero-order valence-corrected chi connectivity index (χ0v) is 13.5. The first-order valence-electron chi connectivity index (χ1n) is 7.99. The number of hydrogen-bond acceptors (Lipinski definition) is 2. The first kappa shape index (κ1) is 15.4. The molecule has 2 aromatic rings. The number of hydrogen-bond donors (Lipinski definition) is 1. The van der Waals surface area contributed by atoms with Crippen molar-refractivity contribution in [2.24, 2.45) is 0 Å². The molecule has 0 spiro atoms. The second-order valence-corrected chi connectivity index (χ2v) is 6.36. The van der Waals surface area contributed by atoms with Crippen LogP contribution in [-0.2, 0) is 13.2 Å². The summed E-state index contributed by atoms with van der Waals surface area (Å²) in [6, 6.07) is 16.8. The minimum Gasteiger partial charge on any atom is -0.489 e. The molecule has 1 fully saturated rings. The second-order valence-electron chi connectivity index (χ2n) is 5.92. The molecule has 0 saturated heterocycles. The highest BCUT2D eigenvalue weighted by atomic mass is 35.5. The van der Waals surface area contributed by atoms with Crippen molar-refractivity contribution in [2.45, 2.75) is 44.9 Å². The van der Waals surface area contributed by atoms with Gasteiger partial charge < -0.3 is 10.1 Å². The fraction of sp³-hybridized carbons (Fsp3) is 0.368. The summed E-state index contributed by atoms with van der Waals surface area (Å²) in [4.78, 5) is 0. The van der Waals surface area contributed by atoms with Gasteiger partial charge in [-0.3, -0.25) is 0 Å². The molecule has 2 nitrogen and oxygen atoms in total. The highest BCUT2D eigenvalue weighted by Gasteiger charge is 2.13. The molecule has 0 bridgehead atoms. The molecule has 0 radical (unpaired) electrons. The molecule has 1 aliphatic carbocycles. The van der Waals surface area contributed by atoms with Gasteiger partial charge in [0.05, 0.1) is 0 Å². The smallest absolute Gasteiger partial charge is 0.120 e. The van der Waals surface area contributed by atoms with Crippen molar-refractivity contribution in [3.63, 3.8) is 0 Å². The first-order chi connectivity index (χ1) is 10.8. The molecule has 0 amide bonds. The first-order valence-corrected chi connectivity index (χ1v) is 8.37. The van der Waals surface area contributed by atoms with E-state index in [0.717, 1.165) is 22.9 Å². The Bertz CT molecular complexity index is 591. The minimum absolute atomic E-state index is 0.566. The number of benzene rings is 2. The Balaban J connectivity index is 1.52. The monoisotopic (exact) mass is 315 g/mol. The molecule has 0 aromatic heterocycles. The lowest BCUT2D eigenvalue weighted by Gasteiger charge is -2.13. The van der Waals surface area contributed by atoms with Gasteiger partial charge in [-0.15, -0.1) is 0 Å². The van der Waals surface area contributed by atoms with Crippen LogP contribution in [0.5, 0.6) is 5.75 Å². The van der Waals surface area contributed by atoms with E-state index in [0.29, 0.717) is 12.6 Å². The fourth-order valence-corrected chi connectivity index (χ4v) is 3.01. The van der Waals surface area contributed by atoms with Gasteiger partial charge in [0.25, 0.3) is 0 Å². The van der Waals surface area contributed by atoms with Gasteiger partial charge in [-0.1, -0.05) is 48.7 Å². The van der Waals surface area contributed by atoms with Crippen LogP contribution < -0.4 is 10.1 Å². The summed E-state index contributed by atoms with van der Waals surface area (Å²) in [5, 5.41) is 4.39. The van der Waals surface area contributed by atoms with Crippen LogP contribution in [0.15, 0.2) is 48.5 Å². The van der Waals surface area contributed by atoms with Crippen LogP contribution in [0.1, 0.15) is 36.8 Å². The van der Waals surface area contributed by atoms with E-state index in [9.17, 15) is 0 Å². The Morgan fingerprint density at radius 2 is 1.77 bits per heavy atom. The minimum atomic E-state index is 0.566. The van der Waals surface area contributed by atoms with Crippen LogP contribution in [-0.4, -0.2) is 6.04 Å². The van der Waals surface area contributed by atoms with Crippen molar-refractivity contribution in [1.82, 2.24) is 5.32 Å². The Morgan fingerprint density at radius 1 is 1.00 bits per heavy atom. The summed E-state index contributed by atoms with van der Waals surface area (Å²) in [6.07, 6.45) is 5.35. The summed E-state index contributed by atoms with van der Waals surface area (Å²) in [5.74, 6) is 0.917. The van der Waals surface area contributed by atoms with Gasteiger partial charge in [0, 0.05) is 17.6 Å². The summed E-state index contributed by atoms with van der Waals surface area (Å²) in [6.45, 7) is 1.49. The van der Waals surface area contributed by atoms with E-state index in [2.05, 4.69) is 23.5 Å². The van der Waals surface area contributed by atoms with Crippen LogP contribution in [0, 0.1) is 0 Å². The van der Waals surface area contributed by atoms with E-state index in [1.807, 2.05) is 30.3 Å². The van der Waals surface area contributed by atoms with Gasteiger partial charge in [-0.2, -0.15) is 0 Å². The summed E-state index contributed by atoms with van der Waals surface area (Å²) in [5.41, 5.74) is 2.40. The zero-order chi connectivity index (χ0) is 15.2. The van der Waals surface area contributed by atoms with Gasteiger partial charge in [-0.05, 0) is 48.2 Å². The van der Waals surface area contributed by atoms with Crippen LogP contribution in [0.2, 0.25) is 5.02 Å². The van der Waals surface area contributed by atoms with E-state index < -0.39 is 0 Å². The molecule has 0 aliphatic heterocycles. The SMILES string of the molecule is Clc1ccc(COc2cccc(CNC3CCCC3)c2)cc1. The van der Waals surface area contributed by atoms with Crippen molar-refractivity contribution in [3.8, 4) is 5.75 Å². The quantitative estimate of drug-likeness (QED) is 0.814. The molecule has 2 aromatic carbocycles. The van der Waals surface area contributed by atoms with Crippen molar-refractivity contribution < 1.29 is 4.74 Å². The lowest BCUT2D eigenvalue weighted by molar-refractivity contribution is 0.306. The molecule has 1 saturated carbocycles. The van der Waals surface area contributed by atoms with Gasteiger partial charge >= 0.3 is 0 Å². The predicted molar refractivity (Wildman–Crippen MR) is 91.3 cm³/mol. The number of rotatable bonds is 6. The van der Waals surface area contributed by atoms with Crippen molar-refractivity contribution >= 4 is 11.6 Å². The van der Waals surface area contributed by atoms with Gasteiger partial charge in [0.1, 0.15) is 12.4 Å². The molecule has 1 aliphatic rings. The molecular weight excluding hydrogens is 294 g/mol. The maximum Gasteiger partial charge on any atom is 0.120 e. The van der Waals surface area contributed by atoms with E-state index in [4.69, 9.17) is 16.3 Å². The number of nitrogens with one attached hydrogen (secondary N) is 1. The Hall–Kier alpha value is -1.51. The van der Waals surface area contributed by atoms with Gasteiger partial charge in [0.2, 0.25) is 0 Å². The molecule has 0 unspecified atom stereocenters. The molecule has 3 rings (SSSR count). The Morgan fingerprint density at radius 3 is 2.55 bits per heavy atom. The third-order valence-corrected chi connectivity index (χ3v) is 4.42. The van der Waals surface area contributed by atoms with Crippen molar-refractivity contribution in [3.05, 3.63) is 64.7 Å². The lowest BCUT2D eigenvalue weighted by atomic mass is 10.2. The molecule has 116 valence electrons. The van der Waals surface area contributed by atoms with Gasteiger partial charge in [-0.25, -0.2) is 0 Å². The van der Waals surface area contributed by atoms with Crippen LogP contribution in [0.3, 0.4) is 0 Å². The highest BCUT2D eigenvalue weighted by molar-refractivity contribution is 6.30. The Labute approximate surface area is 137 Å². The molecule has 3 heteroatoms. The summed E-state index contributed by atoms with van der Waals surface area (Å²) in [7, 11) is 0. The lowest BCUT2D eigenvalue weighted by Crippen LogP contribution is -2.25. The average Bonchev–Trinajstić information content (AvgIpc) is 3.06. The van der Waals surface area contributed by atoms with E-state index >= 15 is 0 Å². The van der Waals surface area contributed by atoms with Crippen molar-refractivity contribution in [1.29, 1.82) is 0 Å². The third kappa shape index (κ3) is 4.49. The van der Waals surface area contributed by atoms with E-state index in [-0.39, 0.29) is 0 Å². The average molecular weight is 316 g/mol. The van der Waals surface area contributed by atoms with Crippen LogP contribution in [0.25, 0.3) is 0 Å². The summed E-state index contributed by atoms with van der Waals surface area (Å²) >= 11 is 5.89. The molecule has 22 heavy (non-hydrogen) atoms. The maximum atomic E-state index is 5.89. The van der Waals surface area contributed by atoms with Crippen LogP contribution in [0.4, 0.5) is 0 Å². The standard InChI is InChI=1S/C19H22ClNO/c20-17-10-8-15(9-11-17)14-22-19-7-3-4-16(12-19)13-21-18-5-1-2-6-18/h3-4,7-12,18,21H,1-2,5-6,13-14H2. The number of halogens is 1. The second kappa shape index (κ2) is 7.66. The zero-order valence-electron chi connectivity index (χ0n) is 12.7. The third-order valence-electron chi connectivity index (χ3n) is 4.17. The van der Waals surface area contributed by atoms with E-state index in [1.54, 1.807) is 0 Å². The highest BCUT2D eigenvalue weighted by Crippen LogP contribution is 2.20. The van der Waals surface area contributed by atoms with E-state index in [1.165, 1.54) is 31.2 Å². The fourth-order valence-electron chi connectivity index (χ4n) is 2.88. The topological polar surface area (TPSA) is 21.3 Å². The maximum absolute atomic E-state index is 5.89. The largest absolute Gasteiger partial charge is 0.489 e. The molecule has 0 heterocycles. The molecule has 1 N–H and O–H groups in total. The summed E-state index contributed by atoms with van der Waals surface area (Å²) < 4.78 is 5.87. The Kier molecular flexibility index (Phi) is 5.36. The normalized spacial score (nSPS) is 15.1. The van der Waals surface area contributed by atoms with Crippen molar-refractivity contribution in [2.75, 3.05) is 0 Å².